The summed E-state index contributed by atoms with van der Waals surface area (Å²) in [5.74, 6) is -0.190. The van der Waals surface area contributed by atoms with E-state index >= 15 is 0 Å². The van der Waals surface area contributed by atoms with Gasteiger partial charge in [0.25, 0.3) is 0 Å². The number of hydrogen-bond donors (Lipinski definition) is 1. The molecule has 0 unspecified atom stereocenters. The van der Waals surface area contributed by atoms with Crippen LogP contribution in [0.2, 0.25) is 0 Å². The zero-order valence-electron chi connectivity index (χ0n) is 10.7. The average molecular weight is 266 g/mol. The summed E-state index contributed by atoms with van der Waals surface area (Å²) in [5.41, 5.74) is 6.82. The van der Waals surface area contributed by atoms with Crippen LogP contribution in [0, 0.1) is 11.2 Å². The predicted molar refractivity (Wildman–Crippen MR) is 77.4 cm³/mol. The molecule has 4 heteroatoms. The number of thiocarbonyl (C=S) groups is 1. The summed E-state index contributed by atoms with van der Waals surface area (Å²) in [5, 5.41) is 0. The van der Waals surface area contributed by atoms with Crippen LogP contribution in [0.15, 0.2) is 24.3 Å². The van der Waals surface area contributed by atoms with Gasteiger partial charge in [0.15, 0.2) is 0 Å². The molecule has 0 saturated heterocycles. The van der Waals surface area contributed by atoms with E-state index in [0.29, 0.717) is 4.99 Å². The number of nitrogens with zero attached hydrogens (tertiary/aromatic N) is 1. The Hall–Kier alpha value is -1.16. The van der Waals surface area contributed by atoms with Crippen LogP contribution in [0.1, 0.15) is 26.2 Å². The van der Waals surface area contributed by atoms with Gasteiger partial charge in [-0.1, -0.05) is 18.3 Å². The van der Waals surface area contributed by atoms with Crippen molar-refractivity contribution in [3.8, 4) is 0 Å². The van der Waals surface area contributed by atoms with Crippen molar-refractivity contribution in [2.75, 3.05) is 18.0 Å². The van der Waals surface area contributed by atoms with Gasteiger partial charge in [-0.3, -0.25) is 0 Å². The van der Waals surface area contributed by atoms with E-state index in [4.69, 9.17) is 18.0 Å². The molecule has 0 spiro atoms. The molecule has 1 aliphatic carbocycles. The molecule has 1 fully saturated rings. The molecule has 2 N–H and O–H groups in total. The third kappa shape index (κ3) is 3.19. The second-order valence-corrected chi connectivity index (χ2v) is 5.66. The van der Waals surface area contributed by atoms with E-state index in [-0.39, 0.29) is 11.2 Å². The van der Waals surface area contributed by atoms with Crippen molar-refractivity contribution in [2.45, 2.75) is 26.2 Å². The van der Waals surface area contributed by atoms with E-state index in [1.165, 1.54) is 6.07 Å². The van der Waals surface area contributed by atoms with Crippen molar-refractivity contribution in [3.63, 3.8) is 0 Å². The molecule has 1 aliphatic rings. The maximum Gasteiger partial charge on any atom is 0.125 e. The molecule has 2 rings (SSSR count). The first-order valence-corrected chi connectivity index (χ1v) is 6.74. The Balaban J connectivity index is 2.08. The third-order valence-electron chi connectivity index (χ3n) is 3.59. The van der Waals surface area contributed by atoms with Crippen molar-refractivity contribution in [2.24, 2.45) is 11.1 Å². The summed E-state index contributed by atoms with van der Waals surface area (Å²) >= 11 is 5.01. The molecule has 0 radical (unpaired) electrons. The maximum atomic E-state index is 13.3. The summed E-state index contributed by atoms with van der Waals surface area (Å²) in [6.45, 7) is 3.86. The van der Waals surface area contributed by atoms with Crippen LogP contribution in [-0.4, -0.2) is 18.1 Å². The lowest BCUT2D eigenvalue weighted by molar-refractivity contribution is 0.521. The highest BCUT2D eigenvalue weighted by Crippen LogP contribution is 2.49. The number of halogens is 1. The van der Waals surface area contributed by atoms with Crippen LogP contribution in [0.25, 0.3) is 0 Å². The molecule has 1 aromatic carbocycles. The Kier molecular flexibility index (Phi) is 3.85. The molecule has 0 aromatic heterocycles. The molecule has 98 valence electrons. The minimum Gasteiger partial charge on any atom is -0.393 e. The van der Waals surface area contributed by atoms with Gasteiger partial charge >= 0.3 is 0 Å². The molecule has 0 atom stereocenters. The number of hydrogen-bond acceptors (Lipinski definition) is 2. The summed E-state index contributed by atoms with van der Waals surface area (Å²) in [6, 6.07) is 6.75. The second-order valence-electron chi connectivity index (χ2n) is 5.14. The first kappa shape index (κ1) is 13.3. The third-order valence-corrected chi connectivity index (χ3v) is 3.73. The fraction of sp³-hybridized carbons (Fsp3) is 0.500. The lowest BCUT2D eigenvalue weighted by Gasteiger charge is -2.28. The highest BCUT2D eigenvalue weighted by molar-refractivity contribution is 7.80. The number of nitrogens with two attached hydrogens (primary N) is 1. The van der Waals surface area contributed by atoms with Gasteiger partial charge < -0.3 is 10.6 Å². The molecule has 1 aromatic rings. The van der Waals surface area contributed by atoms with E-state index in [1.807, 2.05) is 6.07 Å². The lowest BCUT2D eigenvalue weighted by atomic mass is 10.0. The maximum absolute atomic E-state index is 13.3. The van der Waals surface area contributed by atoms with Crippen molar-refractivity contribution in [1.82, 2.24) is 0 Å². The normalized spacial score (nSPS) is 16.3. The molecule has 1 saturated carbocycles. The van der Waals surface area contributed by atoms with Crippen LogP contribution in [-0.2, 0) is 0 Å². The molecular weight excluding hydrogens is 247 g/mol. The zero-order valence-corrected chi connectivity index (χ0v) is 11.5. The molecule has 0 bridgehead atoms. The van der Waals surface area contributed by atoms with Crippen LogP contribution in [0.5, 0.6) is 0 Å². The lowest BCUT2D eigenvalue weighted by Crippen LogP contribution is -2.32. The summed E-state index contributed by atoms with van der Waals surface area (Å²) in [4.78, 5) is 2.79. The molecular formula is C14H19FN2S. The standard InChI is InChI=1S/C14H19FN2S/c1-2-17(12-5-3-4-11(15)8-12)10-14(6-7-14)9-13(16)18/h3-5,8H,2,6-7,9-10H2,1H3,(H2,16,18). The summed E-state index contributed by atoms with van der Waals surface area (Å²) in [7, 11) is 0. The van der Waals surface area contributed by atoms with Gasteiger partial charge in [0, 0.05) is 25.2 Å². The van der Waals surface area contributed by atoms with Crippen molar-refractivity contribution < 1.29 is 4.39 Å². The van der Waals surface area contributed by atoms with Crippen LogP contribution in [0.3, 0.4) is 0 Å². The Morgan fingerprint density at radius 2 is 2.22 bits per heavy atom. The largest absolute Gasteiger partial charge is 0.393 e. The average Bonchev–Trinajstić information content (AvgIpc) is 3.05. The quantitative estimate of drug-likeness (QED) is 0.802. The van der Waals surface area contributed by atoms with Crippen LogP contribution < -0.4 is 10.6 Å². The molecule has 0 aliphatic heterocycles. The highest BCUT2D eigenvalue weighted by atomic mass is 32.1. The van der Waals surface area contributed by atoms with Gasteiger partial charge in [0.05, 0.1) is 4.99 Å². The fourth-order valence-electron chi connectivity index (χ4n) is 2.40. The van der Waals surface area contributed by atoms with Crippen molar-refractivity contribution in [1.29, 1.82) is 0 Å². The molecule has 18 heavy (non-hydrogen) atoms. The summed E-state index contributed by atoms with van der Waals surface area (Å²) < 4.78 is 13.3. The van der Waals surface area contributed by atoms with Crippen LogP contribution in [0.4, 0.5) is 10.1 Å². The Labute approximate surface area is 113 Å². The second kappa shape index (κ2) is 5.22. The van der Waals surface area contributed by atoms with Gasteiger partial charge in [0.2, 0.25) is 0 Å². The van der Waals surface area contributed by atoms with Crippen molar-refractivity contribution >= 4 is 22.9 Å². The Morgan fingerprint density at radius 1 is 1.50 bits per heavy atom. The Morgan fingerprint density at radius 3 is 2.72 bits per heavy atom. The molecule has 2 nitrogen and oxygen atoms in total. The number of rotatable bonds is 6. The molecule has 0 amide bonds. The smallest absolute Gasteiger partial charge is 0.125 e. The monoisotopic (exact) mass is 266 g/mol. The van der Waals surface area contributed by atoms with Gasteiger partial charge in [-0.15, -0.1) is 0 Å². The first-order valence-electron chi connectivity index (χ1n) is 6.33. The van der Waals surface area contributed by atoms with E-state index in [0.717, 1.165) is 38.0 Å². The number of benzene rings is 1. The topological polar surface area (TPSA) is 29.3 Å². The SMILES string of the molecule is CCN(CC1(CC(N)=S)CC1)c1cccc(F)c1. The zero-order chi connectivity index (χ0) is 13.2. The minimum absolute atomic E-state index is 0.190. The van der Waals surface area contributed by atoms with Crippen molar-refractivity contribution in [3.05, 3.63) is 30.1 Å². The number of anilines is 1. The predicted octanol–water partition coefficient (Wildman–Crippen LogP) is 3.11. The first-order chi connectivity index (χ1) is 8.54. The summed E-state index contributed by atoms with van der Waals surface area (Å²) in [6.07, 6.45) is 3.13. The van der Waals surface area contributed by atoms with Gasteiger partial charge in [-0.2, -0.15) is 0 Å². The fourth-order valence-corrected chi connectivity index (χ4v) is 2.71. The minimum atomic E-state index is -0.190. The van der Waals surface area contributed by atoms with Gasteiger partial charge in [0.1, 0.15) is 5.82 Å². The van der Waals surface area contributed by atoms with E-state index in [1.54, 1.807) is 12.1 Å². The van der Waals surface area contributed by atoms with Gasteiger partial charge in [-0.05, 0) is 43.4 Å². The van der Waals surface area contributed by atoms with Crippen LogP contribution >= 0.6 is 12.2 Å². The Bertz CT molecular complexity index is 443. The molecule has 0 heterocycles. The highest BCUT2D eigenvalue weighted by Gasteiger charge is 2.44. The van der Waals surface area contributed by atoms with E-state index in [9.17, 15) is 4.39 Å². The van der Waals surface area contributed by atoms with E-state index < -0.39 is 0 Å². The van der Waals surface area contributed by atoms with E-state index in [2.05, 4.69) is 11.8 Å². The van der Waals surface area contributed by atoms with Gasteiger partial charge in [-0.25, -0.2) is 4.39 Å².